The molecule has 1 amide bonds. The van der Waals surface area contributed by atoms with Gasteiger partial charge >= 0.3 is 0 Å². The summed E-state index contributed by atoms with van der Waals surface area (Å²) in [5.74, 6) is 1.74. The van der Waals surface area contributed by atoms with Crippen LogP contribution in [0.2, 0.25) is 5.02 Å². The fourth-order valence-corrected chi connectivity index (χ4v) is 3.51. The van der Waals surface area contributed by atoms with Crippen molar-refractivity contribution >= 4 is 47.4 Å². The van der Waals surface area contributed by atoms with Crippen molar-refractivity contribution in [1.29, 1.82) is 0 Å². The molecule has 1 aliphatic rings. The Labute approximate surface area is 148 Å². The first-order chi connectivity index (χ1) is 10.2. The van der Waals surface area contributed by atoms with Crippen LogP contribution in [-0.2, 0) is 4.79 Å². The van der Waals surface area contributed by atoms with Gasteiger partial charge in [0.2, 0.25) is 5.91 Å². The quantitative estimate of drug-likeness (QED) is 0.726. The van der Waals surface area contributed by atoms with E-state index in [9.17, 15) is 4.79 Å². The lowest BCUT2D eigenvalue weighted by atomic mass is 9.93. The number of benzene rings is 1. The number of carbonyl (C=O) groups excluding carboxylic acids is 1. The third-order valence-corrected chi connectivity index (χ3v) is 4.94. The first-order valence-electron chi connectivity index (χ1n) is 7.62. The van der Waals surface area contributed by atoms with E-state index in [1.54, 1.807) is 11.8 Å². The molecule has 2 rings (SSSR count). The van der Waals surface area contributed by atoms with Gasteiger partial charge in [-0.25, -0.2) is 0 Å². The second-order valence-electron chi connectivity index (χ2n) is 5.35. The van der Waals surface area contributed by atoms with E-state index in [4.69, 9.17) is 11.6 Å². The molecule has 0 atom stereocenters. The Bertz CT molecular complexity index is 479. The Hall–Kier alpha value is -0.420. The lowest BCUT2D eigenvalue weighted by Crippen LogP contribution is -2.28. The fraction of sp³-hybridized carbons (Fsp3) is 0.562. The fourth-order valence-electron chi connectivity index (χ4n) is 2.60. The van der Waals surface area contributed by atoms with Crippen LogP contribution in [0.25, 0.3) is 0 Å². The highest BCUT2D eigenvalue weighted by Gasteiger charge is 2.15. The summed E-state index contributed by atoms with van der Waals surface area (Å²) >= 11 is 7.75. The third kappa shape index (κ3) is 6.37. The largest absolute Gasteiger partial charge is 0.325 e. The second-order valence-corrected chi connectivity index (χ2v) is 7.10. The zero-order chi connectivity index (χ0) is 15.1. The summed E-state index contributed by atoms with van der Waals surface area (Å²) in [6.45, 7) is 4.26. The van der Waals surface area contributed by atoms with Crippen LogP contribution >= 0.6 is 35.8 Å². The van der Waals surface area contributed by atoms with Crippen molar-refractivity contribution < 1.29 is 4.79 Å². The molecule has 0 bridgehead atoms. The molecular weight excluding hydrogens is 339 g/mol. The van der Waals surface area contributed by atoms with E-state index in [-0.39, 0.29) is 18.3 Å². The SMILES string of the molecule is CCSc1ccc(Cl)cc1NC(=O)CCC1CCNCC1.Cl. The molecule has 1 aliphatic heterocycles. The first kappa shape index (κ1) is 19.6. The molecule has 1 saturated heterocycles. The van der Waals surface area contributed by atoms with Crippen molar-refractivity contribution in [2.45, 2.75) is 37.5 Å². The monoisotopic (exact) mass is 362 g/mol. The van der Waals surface area contributed by atoms with Crippen LogP contribution in [-0.4, -0.2) is 24.7 Å². The highest BCUT2D eigenvalue weighted by atomic mass is 35.5. The summed E-state index contributed by atoms with van der Waals surface area (Å²) in [7, 11) is 0. The van der Waals surface area contributed by atoms with E-state index in [1.807, 2.05) is 18.2 Å². The highest BCUT2D eigenvalue weighted by Crippen LogP contribution is 2.30. The predicted molar refractivity (Wildman–Crippen MR) is 98.6 cm³/mol. The lowest BCUT2D eigenvalue weighted by Gasteiger charge is -2.22. The molecule has 1 aromatic rings. The minimum atomic E-state index is 0. The van der Waals surface area contributed by atoms with Crippen LogP contribution in [0.15, 0.2) is 23.1 Å². The van der Waals surface area contributed by atoms with Gasteiger partial charge in [0.05, 0.1) is 5.69 Å². The molecule has 0 saturated carbocycles. The van der Waals surface area contributed by atoms with Crippen molar-refractivity contribution in [3.8, 4) is 0 Å². The van der Waals surface area contributed by atoms with E-state index >= 15 is 0 Å². The Morgan fingerprint density at radius 3 is 2.82 bits per heavy atom. The molecule has 6 heteroatoms. The molecule has 2 N–H and O–H groups in total. The molecule has 0 radical (unpaired) electrons. The summed E-state index contributed by atoms with van der Waals surface area (Å²) in [6, 6.07) is 5.67. The minimum Gasteiger partial charge on any atom is -0.325 e. The molecule has 0 unspecified atom stereocenters. The van der Waals surface area contributed by atoms with Gasteiger partial charge in [-0.05, 0) is 62.2 Å². The normalized spacial score (nSPS) is 15.2. The van der Waals surface area contributed by atoms with Crippen LogP contribution < -0.4 is 10.6 Å². The Morgan fingerprint density at radius 2 is 2.14 bits per heavy atom. The van der Waals surface area contributed by atoms with Crippen LogP contribution in [0, 0.1) is 5.92 Å². The molecule has 1 fully saturated rings. The number of hydrogen-bond acceptors (Lipinski definition) is 3. The zero-order valence-corrected chi connectivity index (χ0v) is 15.3. The minimum absolute atomic E-state index is 0. The topological polar surface area (TPSA) is 41.1 Å². The highest BCUT2D eigenvalue weighted by molar-refractivity contribution is 7.99. The maximum absolute atomic E-state index is 12.1. The van der Waals surface area contributed by atoms with E-state index in [0.717, 1.165) is 35.8 Å². The molecule has 0 aliphatic carbocycles. The van der Waals surface area contributed by atoms with Crippen molar-refractivity contribution in [3.63, 3.8) is 0 Å². The van der Waals surface area contributed by atoms with Gasteiger partial charge in [0.1, 0.15) is 0 Å². The Morgan fingerprint density at radius 1 is 1.41 bits per heavy atom. The number of amides is 1. The van der Waals surface area contributed by atoms with Gasteiger partial charge in [-0.2, -0.15) is 0 Å². The molecule has 124 valence electrons. The predicted octanol–water partition coefficient (Wildman–Crippen LogP) is 4.59. The van der Waals surface area contributed by atoms with E-state index in [0.29, 0.717) is 17.4 Å². The number of halogens is 2. The van der Waals surface area contributed by atoms with Crippen LogP contribution in [0.4, 0.5) is 5.69 Å². The summed E-state index contributed by atoms with van der Waals surface area (Å²) in [5, 5.41) is 7.02. The van der Waals surface area contributed by atoms with Crippen molar-refractivity contribution in [3.05, 3.63) is 23.2 Å². The molecule has 0 spiro atoms. The second kappa shape index (κ2) is 10.4. The molecule has 22 heavy (non-hydrogen) atoms. The van der Waals surface area contributed by atoms with Gasteiger partial charge in [0.25, 0.3) is 0 Å². The van der Waals surface area contributed by atoms with Gasteiger partial charge in [0.15, 0.2) is 0 Å². The third-order valence-electron chi connectivity index (χ3n) is 3.75. The van der Waals surface area contributed by atoms with Gasteiger partial charge in [-0.15, -0.1) is 24.2 Å². The number of carbonyl (C=O) groups is 1. The van der Waals surface area contributed by atoms with Crippen molar-refractivity contribution in [2.75, 3.05) is 24.2 Å². The van der Waals surface area contributed by atoms with E-state index < -0.39 is 0 Å². The summed E-state index contributed by atoms with van der Waals surface area (Å²) in [6.07, 6.45) is 3.93. The van der Waals surface area contributed by atoms with Crippen molar-refractivity contribution in [1.82, 2.24) is 5.32 Å². The smallest absolute Gasteiger partial charge is 0.224 e. The van der Waals surface area contributed by atoms with Crippen LogP contribution in [0.3, 0.4) is 0 Å². The standard InChI is InChI=1S/C16H23ClN2OS.ClH/c1-2-21-15-5-4-13(17)11-14(15)19-16(20)6-3-12-7-9-18-10-8-12;/h4-5,11-12,18H,2-3,6-10H2,1H3,(H,19,20);1H. The number of rotatable bonds is 6. The lowest BCUT2D eigenvalue weighted by molar-refractivity contribution is -0.116. The van der Waals surface area contributed by atoms with Gasteiger partial charge in [-0.3, -0.25) is 4.79 Å². The molecule has 3 nitrogen and oxygen atoms in total. The first-order valence-corrected chi connectivity index (χ1v) is 8.98. The summed E-state index contributed by atoms with van der Waals surface area (Å²) in [4.78, 5) is 13.2. The van der Waals surface area contributed by atoms with Crippen LogP contribution in [0.1, 0.15) is 32.6 Å². The van der Waals surface area contributed by atoms with Crippen molar-refractivity contribution in [2.24, 2.45) is 5.92 Å². The Kier molecular flexibility index (Phi) is 9.25. The number of thioether (sulfide) groups is 1. The number of piperidine rings is 1. The number of nitrogens with one attached hydrogen (secondary N) is 2. The number of anilines is 1. The molecule has 1 heterocycles. The number of hydrogen-bond donors (Lipinski definition) is 2. The van der Waals surface area contributed by atoms with Gasteiger partial charge in [0, 0.05) is 16.3 Å². The average molecular weight is 363 g/mol. The van der Waals surface area contributed by atoms with E-state index in [2.05, 4.69) is 17.6 Å². The van der Waals surface area contributed by atoms with Gasteiger partial charge < -0.3 is 10.6 Å². The molecule has 0 aromatic heterocycles. The van der Waals surface area contributed by atoms with E-state index in [1.165, 1.54) is 12.8 Å². The maximum Gasteiger partial charge on any atom is 0.224 e. The zero-order valence-electron chi connectivity index (χ0n) is 12.9. The average Bonchev–Trinajstić information content (AvgIpc) is 2.49. The Balaban J connectivity index is 0.00000242. The summed E-state index contributed by atoms with van der Waals surface area (Å²) in [5.41, 5.74) is 0.838. The molecule has 1 aromatic carbocycles. The van der Waals surface area contributed by atoms with Gasteiger partial charge in [-0.1, -0.05) is 18.5 Å². The molecular formula is C16H24Cl2N2OS. The summed E-state index contributed by atoms with van der Waals surface area (Å²) < 4.78 is 0. The van der Waals surface area contributed by atoms with Crippen LogP contribution in [0.5, 0.6) is 0 Å². The maximum atomic E-state index is 12.1.